The predicted molar refractivity (Wildman–Crippen MR) is 107 cm³/mol. The summed E-state index contributed by atoms with van der Waals surface area (Å²) in [5.41, 5.74) is 5.60. The third kappa shape index (κ3) is 4.21. The molecular weight excluding hydrogens is 468 g/mol. The van der Waals surface area contributed by atoms with Crippen molar-refractivity contribution in [3.8, 4) is 0 Å². The van der Waals surface area contributed by atoms with Crippen molar-refractivity contribution in [2.75, 3.05) is 20.6 Å². The highest BCUT2D eigenvalue weighted by atomic mass is 19.4. The summed E-state index contributed by atoms with van der Waals surface area (Å²) in [4.78, 5) is 31.1. The number of amides is 2. The quantitative estimate of drug-likeness (QED) is 0.643. The Hall–Kier alpha value is -2.83. The number of imidazole rings is 1. The molecule has 7 nitrogen and oxygen atoms in total. The Labute approximate surface area is 190 Å². The van der Waals surface area contributed by atoms with Crippen molar-refractivity contribution < 1.29 is 35.9 Å². The van der Waals surface area contributed by atoms with Crippen molar-refractivity contribution in [3.05, 3.63) is 40.5 Å². The number of nitrogens with two attached hydrogens (primary N) is 1. The number of halogens is 6. The molecule has 3 aliphatic rings. The lowest BCUT2D eigenvalue weighted by molar-refractivity contribution is -0.148. The highest BCUT2D eigenvalue weighted by Gasteiger charge is 2.58. The summed E-state index contributed by atoms with van der Waals surface area (Å²) in [6, 6.07) is -0.906. The number of fused-ring (bicyclic) bond motifs is 2. The lowest BCUT2D eigenvalue weighted by Crippen LogP contribution is -2.42. The Morgan fingerprint density at radius 3 is 2.53 bits per heavy atom. The van der Waals surface area contributed by atoms with Gasteiger partial charge in [-0.1, -0.05) is 0 Å². The van der Waals surface area contributed by atoms with Crippen LogP contribution in [0.4, 0.5) is 26.3 Å². The standard InChI is InChI=1S/C21H23F6N5O2/c1-30(2)19(34)18-13-8-31(3-4-32(13)20(29-18)21(25,26)27)14(33)6-9(28)5-10-11(22)7-12(23)16-15(10)17(16)24/h7,9,15-17H,3-6,8,28H2,1-2H3. The third-order valence-electron chi connectivity index (χ3n) is 6.36. The maximum absolute atomic E-state index is 14.2. The van der Waals surface area contributed by atoms with Crippen LogP contribution >= 0.6 is 0 Å². The van der Waals surface area contributed by atoms with E-state index in [9.17, 15) is 35.9 Å². The number of allylic oxidation sites excluding steroid dienone is 3. The third-order valence-corrected chi connectivity index (χ3v) is 6.36. The molecule has 1 saturated carbocycles. The molecule has 34 heavy (non-hydrogen) atoms. The normalized spacial score (nSPS) is 24.9. The average Bonchev–Trinajstić information content (AvgIpc) is 3.25. The number of hydrogen-bond acceptors (Lipinski definition) is 4. The van der Waals surface area contributed by atoms with Gasteiger partial charge in [0, 0.05) is 51.6 Å². The summed E-state index contributed by atoms with van der Waals surface area (Å²) in [5, 5.41) is 0. The van der Waals surface area contributed by atoms with Gasteiger partial charge in [0.1, 0.15) is 17.8 Å². The minimum absolute atomic E-state index is 0.0320. The maximum Gasteiger partial charge on any atom is 0.449 e. The first kappa shape index (κ1) is 24.3. The van der Waals surface area contributed by atoms with Crippen molar-refractivity contribution >= 4 is 11.8 Å². The summed E-state index contributed by atoms with van der Waals surface area (Å²) in [5.74, 6) is -6.13. The van der Waals surface area contributed by atoms with E-state index in [2.05, 4.69) is 4.98 Å². The Morgan fingerprint density at radius 1 is 1.24 bits per heavy atom. The first-order valence-corrected chi connectivity index (χ1v) is 10.6. The fourth-order valence-corrected chi connectivity index (χ4v) is 4.60. The molecule has 4 atom stereocenters. The molecule has 1 aromatic heterocycles. The van der Waals surface area contributed by atoms with Gasteiger partial charge in [-0.05, 0) is 12.0 Å². The second kappa shape index (κ2) is 8.43. The molecule has 1 aliphatic heterocycles. The van der Waals surface area contributed by atoms with E-state index in [1.54, 1.807) is 0 Å². The van der Waals surface area contributed by atoms with Gasteiger partial charge >= 0.3 is 6.18 Å². The molecule has 4 unspecified atom stereocenters. The van der Waals surface area contributed by atoms with Gasteiger partial charge in [-0.15, -0.1) is 0 Å². The number of carbonyl (C=O) groups is 2. The fourth-order valence-electron chi connectivity index (χ4n) is 4.60. The summed E-state index contributed by atoms with van der Waals surface area (Å²) in [6.45, 7) is -0.586. The molecule has 1 fully saturated rings. The minimum Gasteiger partial charge on any atom is -0.343 e. The first-order chi connectivity index (χ1) is 15.8. The lowest BCUT2D eigenvalue weighted by Gasteiger charge is -2.30. The average molecular weight is 491 g/mol. The van der Waals surface area contributed by atoms with Crippen molar-refractivity contribution in [3.63, 3.8) is 0 Å². The second-order valence-electron chi connectivity index (χ2n) is 8.96. The van der Waals surface area contributed by atoms with Gasteiger partial charge in [-0.25, -0.2) is 18.2 Å². The number of alkyl halides is 4. The Morgan fingerprint density at radius 2 is 1.91 bits per heavy atom. The SMILES string of the molecule is CN(C)C(=O)c1nc(C(F)(F)F)n2c1CN(C(=O)CC(N)CC1=C(F)C=C(F)C3C(F)C13)CC2. The molecule has 0 spiro atoms. The second-order valence-corrected chi connectivity index (χ2v) is 8.96. The van der Waals surface area contributed by atoms with Gasteiger partial charge in [0.05, 0.1) is 18.2 Å². The van der Waals surface area contributed by atoms with Gasteiger partial charge in [-0.2, -0.15) is 13.2 Å². The fraction of sp³-hybridized carbons (Fsp3) is 0.571. The van der Waals surface area contributed by atoms with Crippen molar-refractivity contribution in [2.24, 2.45) is 17.6 Å². The van der Waals surface area contributed by atoms with E-state index in [1.807, 2.05) is 0 Å². The molecule has 0 aromatic carbocycles. The summed E-state index contributed by atoms with van der Waals surface area (Å²) < 4.78 is 82.7. The highest BCUT2D eigenvalue weighted by Crippen LogP contribution is 2.56. The van der Waals surface area contributed by atoms with Gasteiger partial charge in [-0.3, -0.25) is 9.59 Å². The number of nitrogens with zero attached hydrogens (tertiary/aromatic N) is 4. The van der Waals surface area contributed by atoms with Crippen LogP contribution in [0.5, 0.6) is 0 Å². The number of aromatic nitrogens is 2. The van der Waals surface area contributed by atoms with Crippen LogP contribution in [0.15, 0.2) is 23.3 Å². The van der Waals surface area contributed by atoms with Gasteiger partial charge in [0.15, 0.2) is 5.69 Å². The monoisotopic (exact) mass is 491 g/mol. The summed E-state index contributed by atoms with van der Waals surface area (Å²) >= 11 is 0. The van der Waals surface area contributed by atoms with Crippen LogP contribution in [-0.2, 0) is 24.1 Å². The van der Waals surface area contributed by atoms with Crippen molar-refractivity contribution in [1.82, 2.24) is 19.4 Å². The molecule has 2 heterocycles. The molecule has 0 bridgehead atoms. The number of hydrogen-bond donors (Lipinski definition) is 1. The Balaban J connectivity index is 1.48. The molecule has 186 valence electrons. The van der Waals surface area contributed by atoms with E-state index < -0.39 is 65.2 Å². The van der Waals surface area contributed by atoms with E-state index >= 15 is 0 Å². The van der Waals surface area contributed by atoms with Crippen molar-refractivity contribution in [1.29, 1.82) is 0 Å². The molecule has 2 aliphatic carbocycles. The van der Waals surface area contributed by atoms with Crippen LogP contribution in [0, 0.1) is 11.8 Å². The molecule has 0 radical (unpaired) electrons. The van der Waals surface area contributed by atoms with E-state index in [0.29, 0.717) is 6.08 Å². The van der Waals surface area contributed by atoms with Crippen LogP contribution in [0.2, 0.25) is 0 Å². The topological polar surface area (TPSA) is 84.5 Å². The maximum atomic E-state index is 14.2. The van der Waals surface area contributed by atoms with Crippen LogP contribution in [0.3, 0.4) is 0 Å². The molecule has 2 amide bonds. The predicted octanol–water partition coefficient (Wildman–Crippen LogP) is 2.73. The van der Waals surface area contributed by atoms with E-state index in [0.717, 1.165) is 9.47 Å². The van der Waals surface area contributed by atoms with Gasteiger partial charge in [0.25, 0.3) is 5.91 Å². The Bertz CT molecular complexity index is 1090. The molecule has 0 saturated heterocycles. The van der Waals surface area contributed by atoms with Crippen LogP contribution in [0.1, 0.15) is 34.8 Å². The van der Waals surface area contributed by atoms with Crippen LogP contribution < -0.4 is 5.73 Å². The van der Waals surface area contributed by atoms with E-state index in [-0.39, 0.29) is 43.7 Å². The zero-order valence-electron chi connectivity index (χ0n) is 18.4. The van der Waals surface area contributed by atoms with Crippen LogP contribution in [0.25, 0.3) is 0 Å². The van der Waals surface area contributed by atoms with E-state index in [4.69, 9.17) is 5.73 Å². The zero-order chi connectivity index (χ0) is 25.1. The molecule has 4 rings (SSSR count). The summed E-state index contributed by atoms with van der Waals surface area (Å²) in [7, 11) is 2.75. The molecule has 2 N–H and O–H groups in total. The van der Waals surface area contributed by atoms with Gasteiger partial charge < -0.3 is 20.1 Å². The highest BCUT2D eigenvalue weighted by molar-refractivity contribution is 5.93. The minimum atomic E-state index is -4.78. The van der Waals surface area contributed by atoms with E-state index in [1.165, 1.54) is 19.0 Å². The number of rotatable bonds is 5. The zero-order valence-corrected chi connectivity index (χ0v) is 18.4. The van der Waals surface area contributed by atoms with Crippen molar-refractivity contribution in [2.45, 2.75) is 44.3 Å². The Kier molecular flexibility index (Phi) is 6.03. The van der Waals surface area contributed by atoms with Gasteiger partial charge in [0.2, 0.25) is 11.7 Å². The summed E-state index contributed by atoms with van der Waals surface area (Å²) in [6.07, 6.45) is -6.11. The smallest absolute Gasteiger partial charge is 0.343 e. The van der Waals surface area contributed by atoms with Crippen LogP contribution in [-0.4, -0.2) is 64.0 Å². The molecule has 13 heteroatoms. The number of carbonyl (C=O) groups excluding carboxylic acids is 2. The lowest BCUT2D eigenvalue weighted by atomic mass is 9.95. The largest absolute Gasteiger partial charge is 0.449 e. The first-order valence-electron chi connectivity index (χ1n) is 10.6. The molecular formula is C21H23F6N5O2. The molecule has 1 aromatic rings.